The molecule has 20 heavy (non-hydrogen) atoms. The number of benzene rings is 1. The molecule has 0 spiro atoms. The first kappa shape index (κ1) is 14.4. The van der Waals surface area contributed by atoms with Gasteiger partial charge in [-0.25, -0.2) is 4.79 Å². The molecule has 108 valence electrons. The van der Waals surface area contributed by atoms with Crippen molar-refractivity contribution in [2.45, 2.75) is 25.2 Å². The lowest BCUT2D eigenvalue weighted by Crippen LogP contribution is -2.37. The van der Waals surface area contributed by atoms with Crippen LogP contribution in [0, 0.1) is 5.92 Å². The fourth-order valence-corrected chi connectivity index (χ4v) is 2.31. The Kier molecular flexibility index (Phi) is 4.98. The fourth-order valence-electron chi connectivity index (χ4n) is 2.31. The molecule has 5 nitrogen and oxygen atoms in total. The van der Waals surface area contributed by atoms with Crippen molar-refractivity contribution in [2.24, 2.45) is 5.92 Å². The van der Waals surface area contributed by atoms with Crippen LogP contribution in [0.3, 0.4) is 0 Å². The van der Waals surface area contributed by atoms with Crippen molar-refractivity contribution in [1.29, 1.82) is 0 Å². The monoisotopic (exact) mass is 276 g/mol. The number of carbonyl (C=O) groups excluding carboxylic acids is 1. The highest BCUT2D eigenvalue weighted by atomic mass is 16.4. The third-order valence-corrected chi connectivity index (χ3v) is 3.53. The molecule has 1 fully saturated rings. The van der Waals surface area contributed by atoms with Gasteiger partial charge in [0.25, 0.3) is 0 Å². The minimum atomic E-state index is -0.837. The van der Waals surface area contributed by atoms with Gasteiger partial charge in [0.05, 0.1) is 0 Å². The van der Waals surface area contributed by atoms with Crippen molar-refractivity contribution in [3.8, 4) is 0 Å². The molecule has 0 heterocycles. The van der Waals surface area contributed by atoms with Crippen LogP contribution in [0.25, 0.3) is 0 Å². The first-order chi connectivity index (χ1) is 9.66. The summed E-state index contributed by atoms with van der Waals surface area (Å²) in [6.45, 7) is 1.06. The second-order valence-electron chi connectivity index (χ2n) is 5.15. The van der Waals surface area contributed by atoms with Gasteiger partial charge >= 0.3 is 12.0 Å². The molecule has 0 aromatic heterocycles. The molecule has 0 aliphatic heterocycles. The standard InChI is InChI=1S/C15H20N2O3/c18-14(19)7-4-8-16-15(20)17-10-12-9-13(12)11-5-2-1-3-6-11/h1-3,5-6,12-13H,4,7-10H2,(H,18,19)(H2,16,17,20)/t12-,13-/m0/s1. The van der Waals surface area contributed by atoms with Gasteiger partial charge in [0.2, 0.25) is 0 Å². The fraction of sp³-hybridized carbons (Fsp3) is 0.467. The maximum absolute atomic E-state index is 11.5. The third kappa shape index (κ3) is 4.57. The number of amides is 2. The first-order valence-corrected chi connectivity index (χ1v) is 6.95. The van der Waals surface area contributed by atoms with Gasteiger partial charge in [0, 0.05) is 19.5 Å². The lowest BCUT2D eigenvalue weighted by molar-refractivity contribution is -0.137. The molecule has 1 aliphatic rings. The van der Waals surface area contributed by atoms with Crippen LogP contribution in [0.2, 0.25) is 0 Å². The number of nitrogens with one attached hydrogen (secondary N) is 2. The number of aliphatic carboxylic acids is 1. The summed E-state index contributed by atoms with van der Waals surface area (Å²) in [7, 11) is 0. The smallest absolute Gasteiger partial charge is 0.314 e. The number of hydrogen-bond acceptors (Lipinski definition) is 2. The number of carboxylic acids is 1. The lowest BCUT2D eigenvalue weighted by Gasteiger charge is -2.06. The molecule has 2 atom stereocenters. The van der Waals surface area contributed by atoms with Gasteiger partial charge in [0.1, 0.15) is 0 Å². The van der Waals surface area contributed by atoms with Crippen molar-refractivity contribution in [3.05, 3.63) is 35.9 Å². The Balaban J connectivity index is 1.58. The molecule has 1 aliphatic carbocycles. The van der Waals surface area contributed by atoms with E-state index in [0.717, 1.165) is 6.42 Å². The Morgan fingerprint density at radius 2 is 1.95 bits per heavy atom. The van der Waals surface area contributed by atoms with Crippen molar-refractivity contribution in [1.82, 2.24) is 10.6 Å². The predicted octanol–water partition coefficient (Wildman–Crippen LogP) is 1.95. The summed E-state index contributed by atoms with van der Waals surface area (Å²) in [5, 5.41) is 14.0. The van der Waals surface area contributed by atoms with Gasteiger partial charge in [-0.3, -0.25) is 4.79 Å². The summed E-state index contributed by atoms with van der Waals surface area (Å²) in [5.41, 5.74) is 1.33. The maximum Gasteiger partial charge on any atom is 0.314 e. The summed E-state index contributed by atoms with van der Waals surface area (Å²) in [6, 6.07) is 10.1. The van der Waals surface area contributed by atoms with Crippen molar-refractivity contribution in [3.63, 3.8) is 0 Å². The molecule has 0 unspecified atom stereocenters. The van der Waals surface area contributed by atoms with Crippen molar-refractivity contribution in [2.75, 3.05) is 13.1 Å². The minimum absolute atomic E-state index is 0.0823. The number of rotatable bonds is 7. The van der Waals surface area contributed by atoms with Gasteiger partial charge < -0.3 is 15.7 Å². The molecular weight excluding hydrogens is 256 g/mol. The molecule has 0 saturated heterocycles. The predicted molar refractivity (Wildman–Crippen MR) is 75.6 cm³/mol. The molecule has 2 rings (SSSR count). The normalized spacial score (nSPS) is 20.2. The molecule has 0 radical (unpaired) electrons. The molecule has 3 N–H and O–H groups in total. The molecular formula is C15H20N2O3. The molecule has 1 aromatic rings. The Hall–Kier alpha value is -2.04. The highest BCUT2D eigenvalue weighted by Gasteiger charge is 2.37. The summed E-state index contributed by atoms with van der Waals surface area (Å²) in [4.78, 5) is 21.8. The topological polar surface area (TPSA) is 78.4 Å². The van der Waals surface area contributed by atoms with Gasteiger partial charge in [0.15, 0.2) is 0 Å². The van der Waals surface area contributed by atoms with E-state index in [0.29, 0.717) is 31.3 Å². The Bertz CT molecular complexity index is 461. The Morgan fingerprint density at radius 3 is 2.65 bits per heavy atom. The summed E-state index contributed by atoms with van der Waals surface area (Å²) in [5.74, 6) is 0.238. The zero-order valence-electron chi connectivity index (χ0n) is 11.3. The number of urea groups is 1. The zero-order chi connectivity index (χ0) is 14.4. The van der Waals surface area contributed by atoms with Gasteiger partial charge in [-0.1, -0.05) is 30.3 Å². The second kappa shape index (κ2) is 6.93. The second-order valence-corrected chi connectivity index (χ2v) is 5.15. The van der Waals surface area contributed by atoms with Crippen molar-refractivity contribution < 1.29 is 14.7 Å². The maximum atomic E-state index is 11.5. The van der Waals surface area contributed by atoms with E-state index in [-0.39, 0.29) is 12.5 Å². The van der Waals surface area contributed by atoms with E-state index in [1.54, 1.807) is 0 Å². The largest absolute Gasteiger partial charge is 0.481 e. The van der Waals surface area contributed by atoms with Gasteiger partial charge in [-0.05, 0) is 30.2 Å². The highest BCUT2D eigenvalue weighted by molar-refractivity contribution is 5.74. The third-order valence-electron chi connectivity index (χ3n) is 3.53. The molecule has 1 aromatic carbocycles. The van der Waals surface area contributed by atoms with Crippen LogP contribution in [-0.4, -0.2) is 30.2 Å². The SMILES string of the molecule is O=C(O)CCCNC(=O)NC[C@@H]1C[C@H]1c1ccccc1. The molecule has 5 heteroatoms. The highest BCUT2D eigenvalue weighted by Crippen LogP contribution is 2.46. The molecule has 2 amide bonds. The van der Waals surface area contributed by atoms with Crippen LogP contribution < -0.4 is 10.6 Å². The average Bonchev–Trinajstić information content (AvgIpc) is 3.22. The number of hydrogen-bond donors (Lipinski definition) is 3. The first-order valence-electron chi connectivity index (χ1n) is 6.95. The molecule has 0 bridgehead atoms. The lowest BCUT2D eigenvalue weighted by atomic mass is 10.1. The van der Waals surface area contributed by atoms with E-state index in [1.165, 1.54) is 5.56 Å². The Labute approximate surface area is 118 Å². The van der Waals surface area contributed by atoms with E-state index in [2.05, 4.69) is 22.8 Å². The van der Waals surface area contributed by atoms with E-state index in [1.807, 2.05) is 18.2 Å². The van der Waals surface area contributed by atoms with Crippen LogP contribution >= 0.6 is 0 Å². The van der Waals surface area contributed by atoms with Crippen LogP contribution in [0.15, 0.2) is 30.3 Å². The summed E-state index contributed by atoms with van der Waals surface area (Å²) < 4.78 is 0. The molecule has 1 saturated carbocycles. The van der Waals surface area contributed by atoms with E-state index < -0.39 is 5.97 Å². The van der Waals surface area contributed by atoms with Gasteiger partial charge in [-0.15, -0.1) is 0 Å². The van der Waals surface area contributed by atoms with E-state index in [4.69, 9.17) is 5.11 Å². The number of carboxylic acid groups (broad SMARTS) is 1. The quantitative estimate of drug-likeness (QED) is 0.666. The summed E-state index contributed by atoms with van der Waals surface area (Å²) in [6.07, 6.45) is 1.65. The average molecular weight is 276 g/mol. The van der Waals surface area contributed by atoms with Crippen LogP contribution in [-0.2, 0) is 4.79 Å². The van der Waals surface area contributed by atoms with Gasteiger partial charge in [-0.2, -0.15) is 0 Å². The summed E-state index contributed by atoms with van der Waals surface area (Å²) >= 11 is 0. The van der Waals surface area contributed by atoms with E-state index >= 15 is 0 Å². The van der Waals surface area contributed by atoms with E-state index in [9.17, 15) is 9.59 Å². The van der Waals surface area contributed by atoms with Crippen LogP contribution in [0.1, 0.15) is 30.7 Å². The van der Waals surface area contributed by atoms with Crippen LogP contribution in [0.5, 0.6) is 0 Å². The van der Waals surface area contributed by atoms with Crippen LogP contribution in [0.4, 0.5) is 4.79 Å². The van der Waals surface area contributed by atoms with Crippen molar-refractivity contribution >= 4 is 12.0 Å². The Morgan fingerprint density at radius 1 is 1.20 bits per heavy atom. The number of carbonyl (C=O) groups is 2. The zero-order valence-corrected chi connectivity index (χ0v) is 11.3. The minimum Gasteiger partial charge on any atom is -0.481 e.